The van der Waals surface area contributed by atoms with Crippen LogP contribution < -0.4 is 0 Å². The van der Waals surface area contributed by atoms with Crippen LogP contribution in [0.15, 0.2) is 97.2 Å². The third kappa shape index (κ3) is 70.4. The molecule has 2 unspecified atom stereocenters. The molecule has 0 saturated heterocycles. The van der Waals surface area contributed by atoms with E-state index in [2.05, 4.69) is 113 Å². The Bertz CT molecular complexity index is 2240. The highest BCUT2D eigenvalue weighted by Crippen LogP contribution is 2.45. The number of esters is 4. The summed E-state index contributed by atoms with van der Waals surface area (Å²) in [6.45, 7) is 4.71. The van der Waals surface area contributed by atoms with Crippen LogP contribution in [-0.4, -0.2) is 96.7 Å². The number of aliphatic hydroxyl groups excluding tert-OH is 1. The van der Waals surface area contributed by atoms with Crippen LogP contribution in [0.5, 0.6) is 0 Å². The fraction of sp³-hybridized carbons (Fsp3) is 0.747. The summed E-state index contributed by atoms with van der Waals surface area (Å²) in [5.41, 5.74) is 0. The highest BCUT2D eigenvalue weighted by Gasteiger charge is 2.30. The minimum atomic E-state index is -4.99. The number of phosphoric ester groups is 2. The molecule has 0 aliphatic rings. The van der Waals surface area contributed by atoms with E-state index in [1.807, 2.05) is 12.2 Å². The highest BCUT2D eigenvalue weighted by atomic mass is 31.2. The number of ether oxygens (including phenoxy) is 4. The molecule has 19 heteroatoms. The van der Waals surface area contributed by atoms with Gasteiger partial charge in [0.2, 0.25) is 0 Å². The standard InChI is InChI=1S/C79H138O17P2/c1-5-9-13-17-21-25-29-33-35-36-38-42-44-48-52-56-60-64-77(82)90-70-75(96-79(84)66-62-58-54-50-46-40-32-28-24-20-16-12-8-4)72-94-98(87,88)92-68-73(80)67-91-97(85,86)93-71-74(95-78(83)65-61-57-53-49-45-39-31-27-23-19-15-11-7-3)69-89-76(81)63-59-55-51-47-43-41-37-34-30-26-22-18-14-10-6-2/h21-22,25-28,31-35,37-38,42,48,52,73-75,80H,5-20,23-24,29-30,36,39-41,43-47,49-51,53-72H2,1-4H3,(H,85,86)(H,87,88)/b25-21-,26-22-,31-27-,32-28-,35-33-,37-34-,42-38-,52-48-/t73-,74-,75-/m1/s1. The fourth-order valence-corrected chi connectivity index (χ4v) is 11.6. The summed E-state index contributed by atoms with van der Waals surface area (Å²) in [6, 6.07) is 0. The average molecular weight is 1420 g/mol. The molecule has 0 heterocycles. The Hall–Kier alpha value is -4.02. The minimum Gasteiger partial charge on any atom is -0.462 e. The largest absolute Gasteiger partial charge is 0.472 e. The lowest BCUT2D eigenvalue weighted by Gasteiger charge is -2.21. The van der Waals surface area contributed by atoms with Gasteiger partial charge in [-0.2, -0.15) is 0 Å². The second-order valence-corrected chi connectivity index (χ2v) is 28.5. The first-order valence-electron chi connectivity index (χ1n) is 38.5. The molecule has 0 saturated carbocycles. The molecule has 0 bridgehead atoms. The summed E-state index contributed by atoms with van der Waals surface area (Å²) >= 11 is 0. The summed E-state index contributed by atoms with van der Waals surface area (Å²) in [5, 5.41) is 10.6. The second kappa shape index (κ2) is 71.4. The molecule has 0 aliphatic carbocycles. The number of hydrogen-bond acceptors (Lipinski definition) is 15. The predicted octanol–water partition coefficient (Wildman–Crippen LogP) is 22.0. The fourth-order valence-electron chi connectivity index (χ4n) is 10.1. The van der Waals surface area contributed by atoms with Gasteiger partial charge in [-0.25, -0.2) is 9.13 Å². The van der Waals surface area contributed by atoms with Gasteiger partial charge in [0.15, 0.2) is 12.2 Å². The van der Waals surface area contributed by atoms with E-state index >= 15 is 0 Å². The smallest absolute Gasteiger partial charge is 0.462 e. The van der Waals surface area contributed by atoms with Gasteiger partial charge in [-0.3, -0.25) is 37.3 Å². The van der Waals surface area contributed by atoms with E-state index in [1.165, 1.54) is 89.9 Å². The zero-order valence-corrected chi connectivity index (χ0v) is 63.5. The Kier molecular flexibility index (Phi) is 68.4. The molecular formula is C79H138O17P2. The summed E-state index contributed by atoms with van der Waals surface area (Å²) in [6.07, 6.45) is 74.0. The van der Waals surface area contributed by atoms with Gasteiger partial charge in [0.05, 0.1) is 26.4 Å². The van der Waals surface area contributed by atoms with Crippen molar-refractivity contribution in [1.82, 2.24) is 0 Å². The monoisotopic (exact) mass is 1420 g/mol. The quantitative estimate of drug-likeness (QED) is 0.0169. The SMILES string of the molecule is CCCCC/C=C\C/C=C\C/C=C\C/C=C\CCCC(=O)OC[C@H](COP(=O)(O)OC[C@H](O)COP(=O)(O)OC[C@@H](COC(=O)CCCCCCC/C=C\C/C=C\CCCCC)OC(=O)CCCCCCC/C=C\CCCCCC)OC(=O)CCCCCCC/C=C\CCCCCC. The van der Waals surface area contributed by atoms with Gasteiger partial charge in [-0.15, -0.1) is 0 Å². The van der Waals surface area contributed by atoms with E-state index in [1.54, 1.807) is 0 Å². The number of allylic oxidation sites excluding steroid dienone is 16. The van der Waals surface area contributed by atoms with E-state index in [4.69, 9.17) is 37.0 Å². The van der Waals surface area contributed by atoms with Crippen molar-refractivity contribution >= 4 is 39.5 Å². The Labute approximate surface area is 595 Å². The van der Waals surface area contributed by atoms with Crippen molar-refractivity contribution in [2.45, 2.75) is 341 Å². The molecule has 3 N–H and O–H groups in total. The first kappa shape index (κ1) is 94.0. The molecule has 0 fully saturated rings. The second-order valence-electron chi connectivity index (χ2n) is 25.6. The molecule has 0 amide bonds. The molecule has 0 spiro atoms. The van der Waals surface area contributed by atoms with Crippen LogP contribution in [0.2, 0.25) is 0 Å². The predicted molar refractivity (Wildman–Crippen MR) is 399 cm³/mol. The van der Waals surface area contributed by atoms with Gasteiger partial charge in [0.25, 0.3) is 0 Å². The molecule has 0 radical (unpaired) electrons. The summed E-state index contributed by atoms with van der Waals surface area (Å²) in [7, 11) is -9.97. The van der Waals surface area contributed by atoms with Crippen molar-refractivity contribution in [2.24, 2.45) is 0 Å². The maximum Gasteiger partial charge on any atom is 0.472 e. The van der Waals surface area contributed by atoms with Crippen molar-refractivity contribution in [1.29, 1.82) is 0 Å². The van der Waals surface area contributed by atoms with Gasteiger partial charge >= 0.3 is 39.5 Å². The number of hydrogen-bond donors (Lipinski definition) is 3. The van der Waals surface area contributed by atoms with E-state index < -0.39 is 97.5 Å². The first-order valence-corrected chi connectivity index (χ1v) is 41.5. The molecule has 17 nitrogen and oxygen atoms in total. The van der Waals surface area contributed by atoms with Crippen molar-refractivity contribution in [3.05, 3.63) is 97.2 Å². The summed E-state index contributed by atoms with van der Waals surface area (Å²) in [4.78, 5) is 72.8. The average Bonchev–Trinajstić information content (AvgIpc) is 0.969. The lowest BCUT2D eigenvalue weighted by atomic mass is 10.1. The topological polar surface area (TPSA) is 237 Å². The Morgan fingerprint density at radius 2 is 0.510 bits per heavy atom. The van der Waals surface area contributed by atoms with Crippen molar-refractivity contribution in [3.63, 3.8) is 0 Å². The van der Waals surface area contributed by atoms with Crippen LogP contribution in [0.3, 0.4) is 0 Å². The zero-order chi connectivity index (χ0) is 71.8. The highest BCUT2D eigenvalue weighted by molar-refractivity contribution is 7.47. The number of phosphoric acid groups is 2. The zero-order valence-electron chi connectivity index (χ0n) is 61.7. The van der Waals surface area contributed by atoms with E-state index in [9.17, 15) is 43.2 Å². The first-order chi connectivity index (χ1) is 47.7. The van der Waals surface area contributed by atoms with Crippen LogP contribution in [0.25, 0.3) is 0 Å². The molecular weight excluding hydrogens is 1280 g/mol. The number of unbranched alkanes of at least 4 members (excludes halogenated alkanes) is 30. The number of carbonyl (C=O) groups excluding carboxylic acids is 4. The summed E-state index contributed by atoms with van der Waals surface area (Å²) in [5.74, 6) is -2.26. The molecule has 98 heavy (non-hydrogen) atoms. The molecule has 0 aromatic heterocycles. The Morgan fingerprint density at radius 3 is 0.837 bits per heavy atom. The number of rotatable bonds is 72. The normalized spacial score (nSPS) is 14.5. The van der Waals surface area contributed by atoms with Gasteiger partial charge in [-0.05, 0) is 148 Å². The van der Waals surface area contributed by atoms with Crippen LogP contribution in [0.1, 0.15) is 323 Å². The lowest BCUT2D eigenvalue weighted by Crippen LogP contribution is -2.30. The molecule has 566 valence electrons. The Balaban J connectivity index is 5.39. The molecule has 0 aliphatic heterocycles. The summed E-state index contributed by atoms with van der Waals surface area (Å²) < 4.78 is 68.4. The van der Waals surface area contributed by atoms with Gasteiger partial charge in [-0.1, -0.05) is 247 Å². The van der Waals surface area contributed by atoms with Crippen molar-refractivity contribution < 1.29 is 80.2 Å². The van der Waals surface area contributed by atoms with Crippen molar-refractivity contribution in [3.8, 4) is 0 Å². The lowest BCUT2D eigenvalue weighted by molar-refractivity contribution is -0.161. The van der Waals surface area contributed by atoms with Gasteiger partial charge in [0.1, 0.15) is 19.3 Å². The third-order valence-corrected chi connectivity index (χ3v) is 17.9. The van der Waals surface area contributed by atoms with Gasteiger partial charge < -0.3 is 33.8 Å². The number of carbonyl (C=O) groups is 4. The van der Waals surface area contributed by atoms with Crippen LogP contribution >= 0.6 is 15.6 Å². The Morgan fingerprint density at radius 1 is 0.286 bits per heavy atom. The van der Waals surface area contributed by atoms with E-state index in [-0.39, 0.29) is 25.7 Å². The number of aliphatic hydroxyl groups is 1. The van der Waals surface area contributed by atoms with Gasteiger partial charge in [0, 0.05) is 25.7 Å². The van der Waals surface area contributed by atoms with E-state index in [0.29, 0.717) is 32.1 Å². The van der Waals surface area contributed by atoms with Crippen molar-refractivity contribution in [2.75, 3.05) is 39.6 Å². The maximum atomic E-state index is 13.1. The maximum absolute atomic E-state index is 13.1. The minimum absolute atomic E-state index is 0.0731. The molecule has 5 atom stereocenters. The van der Waals surface area contributed by atoms with E-state index in [0.717, 1.165) is 148 Å². The molecule has 0 rings (SSSR count). The van der Waals surface area contributed by atoms with Crippen LogP contribution in [-0.2, 0) is 65.4 Å². The third-order valence-electron chi connectivity index (χ3n) is 16.0. The van der Waals surface area contributed by atoms with Crippen LogP contribution in [0, 0.1) is 0 Å². The van der Waals surface area contributed by atoms with Crippen LogP contribution in [0.4, 0.5) is 0 Å². The molecule has 0 aromatic carbocycles. The molecule has 0 aromatic rings.